The number of carbonyl (C=O) groups excluding carboxylic acids is 1. The molecule has 2 N–H and O–H groups in total. The third-order valence-corrected chi connectivity index (χ3v) is 4.76. The molecule has 0 radical (unpaired) electrons. The predicted octanol–water partition coefficient (Wildman–Crippen LogP) is 0.998. The van der Waals surface area contributed by atoms with Gasteiger partial charge in [0.25, 0.3) is 0 Å². The highest BCUT2D eigenvalue weighted by atomic mass is 16.5. The molecule has 2 atom stereocenters. The van der Waals surface area contributed by atoms with Crippen LogP contribution in [0.3, 0.4) is 0 Å². The highest BCUT2D eigenvalue weighted by Crippen LogP contribution is 2.26. The van der Waals surface area contributed by atoms with Gasteiger partial charge in [-0.15, -0.1) is 0 Å². The smallest absolute Gasteiger partial charge is 0.308 e. The predicted molar refractivity (Wildman–Crippen MR) is 85.6 cm³/mol. The van der Waals surface area contributed by atoms with Crippen LogP contribution in [0.5, 0.6) is 0 Å². The van der Waals surface area contributed by atoms with E-state index in [-0.39, 0.29) is 18.0 Å². The standard InChI is InChI=1S/C16H29N3O3/c1-3-17-16(18-11-13-5-4-6-14(13)20)19-9-7-12(8-10-19)15(21)22-2/h12-14,20H,3-11H2,1-2H3,(H,17,18). The lowest BCUT2D eigenvalue weighted by molar-refractivity contribution is -0.146. The molecule has 1 saturated carbocycles. The Morgan fingerprint density at radius 1 is 1.32 bits per heavy atom. The Morgan fingerprint density at radius 3 is 2.59 bits per heavy atom. The second-order valence-corrected chi connectivity index (χ2v) is 6.24. The van der Waals surface area contributed by atoms with E-state index < -0.39 is 0 Å². The van der Waals surface area contributed by atoms with Crippen LogP contribution < -0.4 is 5.32 Å². The fraction of sp³-hybridized carbons (Fsp3) is 0.875. The second kappa shape index (κ2) is 8.36. The number of guanidine groups is 1. The van der Waals surface area contributed by atoms with Crippen LogP contribution in [0.4, 0.5) is 0 Å². The van der Waals surface area contributed by atoms with Gasteiger partial charge in [-0.1, -0.05) is 6.42 Å². The van der Waals surface area contributed by atoms with E-state index in [4.69, 9.17) is 9.73 Å². The van der Waals surface area contributed by atoms with Crippen molar-refractivity contribution in [3.05, 3.63) is 0 Å². The number of hydrogen-bond acceptors (Lipinski definition) is 4. The summed E-state index contributed by atoms with van der Waals surface area (Å²) in [5, 5.41) is 13.2. The molecule has 2 fully saturated rings. The number of ether oxygens (including phenoxy) is 1. The zero-order valence-electron chi connectivity index (χ0n) is 13.8. The van der Waals surface area contributed by atoms with Gasteiger partial charge in [0.05, 0.1) is 19.1 Å². The third-order valence-electron chi connectivity index (χ3n) is 4.76. The van der Waals surface area contributed by atoms with Crippen LogP contribution in [0.25, 0.3) is 0 Å². The van der Waals surface area contributed by atoms with Gasteiger partial charge in [0.1, 0.15) is 0 Å². The van der Waals surface area contributed by atoms with Crippen LogP contribution >= 0.6 is 0 Å². The molecule has 6 heteroatoms. The van der Waals surface area contributed by atoms with Gasteiger partial charge in [-0.05, 0) is 32.6 Å². The number of likely N-dealkylation sites (tertiary alicyclic amines) is 1. The number of methoxy groups -OCH3 is 1. The minimum absolute atomic E-state index is 0.0146. The average Bonchev–Trinajstić information content (AvgIpc) is 2.96. The van der Waals surface area contributed by atoms with E-state index >= 15 is 0 Å². The number of esters is 1. The number of nitrogens with zero attached hydrogens (tertiary/aromatic N) is 2. The summed E-state index contributed by atoms with van der Waals surface area (Å²) in [6, 6.07) is 0. The number of piperidine rings is 1. The highest BCUT2D eigenvalue weighted by Gasteiger charge is 2.28. The van der Waals surface area contributed by atoms with E-state index in [1.165, 1.54) is 7.11 Å². The zero-order chi connectivity index (χ0) is 15.9. The Hall–Kier alpha value is -1.30. The summed E-state index contributed by atoms with van der Waals surface area (Å²) in [6.07, 6.45) is 4.49. The van der Waals surface area contributed by atoms with Gasteiger partial charge in [0, 0.05) is 32.1 Å². The SMILES string of the molecule is CCNC(=NCC1CCCC1O)N1CCC(C(=O)OC)CC1. The van der Waals surface area contributed by atoms with Gasteiger partial charge in [-0.25, -0.2) is 0 Å². The van der Waals surface area contributed by atoms with Crippen molar-refractivity contribution in [1.82, 2.24) is 10.2 Å². The molecule has 6 nitrogen and oxygen atoms in total. The molecule has 1 saturated heterocycles. The normalized spacial score (nSPS) is 27.0. The Balaban J connectivity index is 1.89. The Morgan fingerprint density at radius 2 is 2.05 bits per heavy atom. The first kappa shape index (κ1) is 17.1. The lowest BCUT2D eigenvalue weighted by atomic mass is 9.97. The van der Waals surface area contributed by atoms with Gasteiger partial charge in [-0.3, -0.25) is 9.79 Å². The Labute approximate surface area is 132 Å². The van der Waals surface area contributed by atoms with Gasteiger partial charge in [-0.2, -0.15) is 0 Å². The van der Waals surface area contributed by atoms with E-state index in [2.05, 4.69) is 17.1 Å². The van der Waals surface area contributed by atoms with Crippen molar-refractivity contribution in [2.75, 3.05) is 33.3 Å². The van der Waals surface area contributed by atoms with Crippen LogP contribution in [-0.2, 0) is 9.53 Å². The van der Waals surface area contributed by atoms with Gasteiger partial charge < -0.3 is 20.1 Å². The van der Waals surface area contributed by atoms with Gasteiger partial charge in [0.2, 0.25) is 0 Å². The summed E-state index contributed by atoms with van der Waals surface area (Å²) in [5.41, 5.74) is 0. The van der Waals surface area contributed by atoms with Crippen molar-refractivity contribution in [2.24, 2.45) is 16.8 Å². The Kier molecular flexibility index (Phi) is 6.49. The van der Waals surface area contributed by atoms with Gasteiger partial charge >= 0.3 is 5.97 Å². The quantitative estimate of drug-likeness (QED) is 0.460. The number of aliphatic imine (C=N–C) groups is 1. The van der Waals surface area contributed by atoms with Gasteiger partial charge in [0.15, 0.2) is 5.96 Å². The first-order valence-electron chi connectivity index (χ1n) is 8.44. The molecule has 1 aliphatic heterocycles. The van der Waals surface area contributed by atoms with Crippen LogP contribution in [0.15, 0.2) is 4.99 Å². The van der Waals surface area contributed by atoms with Crippen molar-refractivity contribution in [2.45, 2.75) is 45.1 Å². The molecule has 0 aromatic rings. The number of nitrogens with one attached hydrogen (secondary N) is 1. The maximum atomic E-state index is 11.6. The largest absolute Gasteiger partial charge is 0.469 e. The van der Waals surface area contributed by atoms with Crippen LogP contribution in [0, 0.1) is 11.8 Å². The Bertz CT molecular complexity index is 392. The van der Waals surface area contributed by atoms with E-state index in [1.54, 1.807) is 0 Å². The summed E-state index contributed by atoms with van der Waals surface area (Å²) in [4.78, 5) is 18.5. The molecule has 0 aromatic carbocycles. The molecule has 1 heterocycles. The van der Waals surface area contributed by atoms with Crippen molar-refractivity contribution in [3.8, 4) is 0 Å². The minimum atomic E-state index is -0.198. The number of aliphatic hydroxyl groups excluding tert-OH is 1. The maximum absolute atomic E-state index is 11.6. The summed E-state index contributed by atoms with van der Waals surface area (Å²) in [7, 11) is 1.45. The molecule has 2 unspecified atom stereocenters. The first-order chi connectivity index (χ1) is 10.7. The molecule has 126 valence electrons. The lowest BCUT2D eigenvalue weighted by Gasteiger charge is -2.33. The molecule has 22 heavy (non-hydrogen) atoms. The molecule has 0 bridgehead atoms. The summed E-state index contributed by atoms with van der Waals surface area (Å²) < 4.78 is 4.83. The molecule has 2 rings (SSSR count). The average molecular weight is 311 g/mol. The van der Waals surface area contributed by atoms with Crippen molar-refractivity contribution in [3.63, 3.8) is 0 Å². The summed E-state index contributed by atoms with van der Waals surface area (Å²) >= 11 is 0. The number of hydrogen-bond donors (Lipinski definition) is 2. The van der Waals surface area contributed by atoms with E-state index in [1.807, 2.05) is 0 Å². The topological polar surface area (TPSA) is 74.2 Å². The lowest BCUT2D eigenvalue weighted by Crippen LogP contribution is -2.47. The maximum Gasteiger partial charge on any atom is 0.308 e. The molecule has 0 aromatic heterocycles. The number of carbonyl (C=O) groups is 1. The van der Waals surface area contributed by atoms with Crippen LogP contribution in [0.1, 0.15) is 39.0 Å². The fourth-order valence-corrected chi connectivity index (χ4v) is 3.35. The molecular formula is C16H29N3O3. The zero-order valence-corrected chi connectivity index (χ0v) is 13.8. The monoisotopic (exact) mass is 311 g/mol. The summed E-state index contributed by atoms with van der Waals surface area (Å²) in [6.45, 7) is 5.20. The van der Waals surface area contributed by atoms with E-state index in [9.17, 15) is 9.90 Å². The molecule has 1 aliphatic carbocycles. The molecule has 2 aliphatic rings. The molecule has 0 amide bonds. The van der Waals surface area contributed by atoms with E-state index in [0.29, 0.717) is 12.5 Å². The minimum Gasteiger partial charge on any atom is -0.469 e. The number of rotatable bonds is 4. The van der Waals surface area contributed by atoms with Crippen molar-refractivity contribution in [1.29, 1.82) is 0 Å². The first-order valence-corrected chi connectivity index (χ1v) is 8.44. The van der Waals surface area contributed by atoms with E-state index in [0.717, 1.165) is 57.7 Å². The van der Waals surface area contributed by atoms with Crippen LogP contribution in [-0.4, -0.2) is 61.3 Å². The van der Waals surface area contributed by atoms with Crippen molar-refractivity contribution < 1.29 is 14.6 Å². The van der Waals surface area contributed by atoms with Crippen molar-refractivity contribution >= 4 is 11.9 Å². The second-order valence-electron chi connectivity index (χ2n) is 6.24. The number of aliphatic hydroxyl groups is 1. The highest BCUT2D eigenvalue weighted by molar-refractivity contribution is 5.80. The third kappa shape index (κ3) is 4.35. The molecular weight excluding hydrogens is 282 g/mol. The summed E-state index contributed by atoms with van der Waals surface area (Å²) in [5.74, 6) is 1.11. The van der Waals surface area contributed by atoms with Crippen LogP contribution in [0.2, 0.25) is 0 Å². The molecule has 0 spiro atoms. The fourth-order valence-electron chi connectivity index (χ4n) is 3.35.